The monoisotopic (exact) mass is 112 g/mol. The van der Waals surface area contributed by atoms with Crippen molar-refractivity contribution in [1.82, 2.24) is 0 Å². The van der Waals surface area contributed by atoms with Crippen LogP contribution in [0.1, 0.15) is 26.7 Å². The van der Waals surface area contributed by atoms with Crippen LogP contribution in [0.2, 0.25) is 0 Å². The van der Waals surface area contributed by atoms with Gasteiger partial charge in [0.15, 0.2) is 0 Å². The molecule has 46 valence electrons. The van der Waals surface area contributed by atoms with Crippen molar-refractivity contribution in [3.63, 3.8) is 0 Å². The molecule has 1 aliphatic carbocycles. The van der Waals surface area contributed by atoms with Crippen molar-refractivity contribution < 1.29 is 0 Å². The Morgan fingerprint density at radius 2 is 1.88 bits per heavy atom. The van der Waals surface area contributed by atoms with Crippen molar-refractivity contribution in [2.45, 2.75) is 32.2 Å². The summed E-state index contributed by atoms with van der Waals surface area (Å²) >= 11 is 0. The second-order valence-corrected chi connectivity index (χ2v) is 1.77. The molecular weight excluding hydrogens is 100 g/mol. The Bertz CT molecular complexity index is 97.6. The molecule has 0 saturated heterocycles. The summed E-state index contributed by atoms with van der Waals surface area (Å²) < 4.78 is 0. The maximum Gasteiger partial charge on any atom is 0.104 e. The summed E-state index contributed by atoms with van der Waals surface area (Å²) in [4.78, 5) is 0. The normalized spacial score (nSPS) is 19.8. The summed E-state index contributed by atoms with van der Waals surface area (Å²) in [7, 11) is 0. The highest BCUT2D eigenvalue weighted by atomic mass is 14.8. The van der Waals surface area contributed by atoms with Crippen LogP contribution in [0.5, 0.6) is 0 Å². The Hall–Kier alpha value is -0.550. The summed E-state index contributed by atoms with van der Waals surface area (Å²) in [5.41, 5.74) is 4.88. The van der Waals surface area contributed by atoms with Crippen LogP contribution in [0.3, 0.4) is 0 Å². The first kappa shape index (κ1) is 7.45. The molecule has 8 heavy (non-hydrogen) atoms. The molecule has 0 aromatic heterocycles. The van der Waals surface area contributed by atoms with Crippen molar-refractivity contribution in [1.29, 1.82) is 5.26 Å². The zero-order chi connectivity index (χ0) is 6.62. The first-order valence-electron chi connectivity index (χ1n) is 2.97. The van der Waals surface area contributed by atoms with Gasteiger partial charge in [-0.2, -0.15) is 5.26 Å². The molecule has 0 bridgehead atoms. The predicted octanol–water partition coefficient (Wildman–Crippen LogP) is 1.03. The Kier molecular flexibility index (Phi) is 2.50. The minimum absolute atomic E-state index is 0.403. The molecule has 0 amide bonds. The first-order valence-corrected chi connectivity index (χ1v) is 2.97. The van der Waals surface area contributed by atoms with Crippen molar-refractivity contribution in [3.05, 3.63) is 0 Å². The second kappa shape index (κ2) is 2.68. The van der Waals surface area contributed by atoms with E-state index < -0.39 is 5.54 Å². The van der Waals surface area contributed by atoms with Crippen LogP contribution in [-0.4, -0.2) is 5.54 Å². The molecule has 0 unspecified atom stereocenters. The van der Waals surface area contributed by atoms with Crippen LogP contribution in [0.25, 0.3) is 0 Å². The average molecular weight is 112 g/mol. The summed E-state index contributed by atoms with van der Waals surface area (Å²) in [6.07, 6.45) is 1.78. The lowest BCUT2D eigenvalue weighted by Gasteiger charge is -1.84. The number of hydrogen-bond acceptors (Lipinski definition) is 2. The van der Waals surface area contributed by atoms with E-state index in [2.05, 4.69) is 0 Å². The lowest BCUT2D eigenvalue weighted by atomic mass is 10.4. The third-order valence-corrected chi connectivity index (χ3v) is 1.01. The highest BCUT2D eigenvalue weighted by Crippen LogP contribution is 2.30. The first-order chi connectivity index (χ1) is 3.77. The van der Waals surface area contributed by atoms with E-state index in [-0.39, 0.29) is 0 Å². The van der Waals surface area contributed by atoms with Gasteiger partial charge >= 0.3 is 0 Å². The predicted molar refractivity (Wildman–Crippen MR) is 33.1 cm³/mol. The molecule has 2 heteroatoms. The van der Waals surface area contributed by atoms with E-state index in [1.165, 1.54) is 0 Å². The van der Waals surface area contributed by atoms with Gasteiger partial charge < -0.3 is 5.73 Å². The molecule has 0 aliphatic heterocycles. The van der Waals surface area contributed by atoms with Gasteiger partial charge in [-0.15, -0.1) is 0 Å². The van der Waals surface area contributed by atoms with Gasteiger partial charge in [0.05, 0.1) is 6.07 Å². The Labute approximate surface area is 50.3 Å². The molecular formula is C6H12N2. The SMILES string of the molecule is CC.N#CC1(N)CC1. The molecule has 1 rings (SSSR count). The van der Waals surface area contributed by atoms with Crippen LogP contribution >= 0.6 is 0 Å². The molecule has 1 saturated carbocycles. The molecule has 0 radical (unpaired) electrons. The van der Waals surface area contributed by atoms with Crippen molar-refractivity contribution in [3.8, 4) is 6.07 Å². The van der Waals surface area contributed by atoms with E-state index in [0.29, 0.717) is 0 Å². The minimum atomic E-state index is -0.403. The van der Waals surface area contributed by atoms with Gasteiger partial charge in [-0.3, -0.25) is 0 Å². The number of rotatable bonds is 0. The molecule has 2 N–H and O–H groups in total. The zero-order valence-electron chi connectivity index (χ0n) is 5.44. The highest BCUT2D eigenvalue weighted by molar-refractivity contribution is 5.15. The topological polar surface area (TPSA) is 49.8 Å². The van der Waals surface area contributed by atoms with E-state index >= 15 is 0 Å². The van der Waals surface area contributed by atoms with Crippen molar-refractivity contribution >= 4 is 0 Å². The van der Waals surface area contributed by atoms with E-state index in [4.69, 9.17) is 11.0 Å². The lowest BCUT2D eigenvalue weighted by molar-refractivity contribution is 0.872. The average Bonchev–Trinajstić information content (AvgIpc) is 2.55. The third-order valence-electron chi connectivity index (χ3n) is 1.01. The molecule has 0 aromatic rings. The summed E-state index contributed by atoms with van der Waals surface area (Å²) in [5.74, 6) is 0. The summed E-state index contributed by atoms with van der Waals surface area (Å²) in [6, 6.07) is 1.99. The Morgan fingerprint density at radius 1 is 1.50 bits per heavy atom. The molecule has 0 aromatic carbocycles. The molecule has 1 aliphatic rings. The van der Waals surface area contributed by atoms with E-state index in [0.717, 1.165) is 12.8 Å². The van der Waals surface area contributed by atoms with Crippen LogP contribution in [0.15, 0.2) is 0 Å². The maximum absolute atomic E-state index is 8.09. The van der Waals surface area contributed by atoms with Crippen molar-refractivity contribution in [2.75, 3.05) is 0 Å². The Morgan fingerprint density at radius 3 is 1.88 bits per heavy atom. The highest BCUT2D eigenvalue weighted by Gasteiger charge is 2.38. The molecule has 0 heterocycles. The number of nitriles is 1. The fraction of sp³-hybridized carbons (Fsp3) is 0.833. The summed E-state index contributed by atoms with van der Waals surface area (Å²) in [5, 5.41) is 8.09. The number of nitrogens with two attached hydrogens (primary N) is 1. The molecule has 0 spiro atoms. The van der Waals surface area contributed by atoms with Crippen LogP contribution in [0.4, 0.5) is 0 Å². The van der Waals surface area contributed by atoms with Gasteiger partial charge in [-0.05, 0) is 12.8 Å². The fourth-order valence-corrected chi connectivity index (χ4v) is 0.246. The minimum Gasteiger partial charge on any atom is -0.313 e. The molecule has 1 fully saturated rings. The van der Waals surface area contributed by atoms with Gasteiger partial charge in [-0.1, -0.05) is 13.8 Å². The van der Waals surface area contributed by atoms with Crippen LogP contribution in [-0.2, 0) is 0 Å². The van der Waals surface area contributed by atoms with Crippen molar-refractivity contribution in [2.24, 2.45) is 5.73 Å². The lowest BCUT2D eigenvalue weighted by Crippen LogP contribution is -2.17. The van der Waals surface area contributed by atoms with Crippen LogP contribution in [0, 0.1) is 11.3 Å². The third kappa shape index (κ3) is 1.94. The quantitative estimate of drug-likeness (QED) is 0.508. The van der Waals surface area contributed by atoms with Gasteiger partial charge in [-0.25, -0.2) is 0 Å². The zero-order valence-corrected chi connectivity index (χ0v) is 5.44. The van der Waals surface area contributed by atoms with E-state index in [9.17, 15) is 0 Å². The number of nitrogens with zero attached hydrogens (tertiary/aromatic N) is 1. The molecule has 2 nitrogen and oxygen atoms in total. The number of hydrogen-bond donors (Lipinski definition) is 1. The van der Waals surface area contributed by atoms with Gasteiger partial charge in [0.2, 0.25) is 0 Å². The smallest absolute Gasteiger partial charge is 0.104 e. The van der Waals surface area contributed by atoms with Crippen LogP contribution < -0.4 is 5.73 Å². The van der Waals surface area contributed by atoms with Gasteiger partial charge in [0.1, 0.15) is 5.54 Å². The van der Waals surface area contributed by atoms with E-state index in [1.807, 2.05) is 19.9 Å². The molecule has 0 atom stereocenters. The largest absolute Gasteiger partial charge is 0.313 e. The fourth-order valence-electron chi connectivity index (χ4n) is 0.246. The standard InChI is InChI=1S/C4H6N2.C2H6/c5-3-4(6)1-2-4;1-2/h1-2,6H2;1-2H3. The maximum atomic E-state index is 8.09. The van der Waals surface area contributed by atoms with E-state index in [1.54, 1.807) is 0 Å². The summed E-state index contributed by atoms with van der Waals surface area (Å²) in [6.45, 7) is 4.00. The Balaban J connectivity index is 0.000000222. The van der Waals surface area contributed by atoms with Gasteiger partial charge in [0, 0.05) is 0 Å². The second-order valence-electron chi connectivity index (χ2n) is 1.77. The van der Waals surface area contributed by atoms with Gasteiger partial charge in [0.25, 0.3) is 0 Å².